The highest BCUT2D eigenvalue weighted by Gasteiger charge is 2.75. The van der Waals surface area contributed by atoms with Crippen LogP contribution in [0.4, 0.5) is 0 Å². The van der Waals surface area contributed by atoms with E-state index in [1.54, 1.807) is 303 Å². The molecule has 0 amide bonds. The Bertz CT molecular complexity index is 7930. The Morgan fingerprint density at radius 2 is 0.525 bits per heavy atom. The van der Waals surface area contributed by atoms with Gasteiger partial charge in [-0.05, 0) is 333 Å². The summed E-state index contributed by atoms with van der Waals surface area (Å²) in [5.74, 6) is 0.157. The molecule has 27 aromatic rings. The van der Waals surface area contributed by atoms with Crippen molar-refractivity contribution in [3.63, 3.8) is 0 Å². The van der Waals surface area contributed by atoms with E-state index in [1.807, 2.05) is 5.57 Å². The first-order chi connectivity index (χ1) is 39.9. The monoisotopic (exact) mass is 980 g/mol. The van der Waals surface area contributed by atoms with Crippen molar-refractivity contribution < 1.29 is 0 Å². The summed E-state index contributed by atoms with van der Waals surface area (Å²) < 4.78 is 0. The van der Waals surface area contributed by atoms with Gasteiger partial charge in [-0.2, -0.15) is 0 Å². The van der Waals surface area contributed by atoms with E-state index in [0.29, 0.717) is 0 Å². The molecule has 35 rings (SSSR count). The molecule has 0 saturated carbocycles. The highest BCUT2D eigenvalue weighted by molar-refractivity contribution is 6.79. The van der Waals surface area contributed by atoms with Gasteiger partial charge in [-0.3, -0.25) is 0 Å². The van der Waals surface area contributed by atoms with Crippen molar-refractivity contribution in [1.29, 1.82) is 0 Å². The van der Waals surface area contributed by atoms with Gasteiger partial charge in [0.05, 0.1) is 10.8 Å². The molecule has 0 nitrogen and oxygen atoms in total. The van der Waals surface area contributed by atoms with Crippen LogP contribution in [0.1, 0.15) is 67.1 Å². The summed E-state index contributed by atoms with van der Waals surface area (Å²) in [4.78, 5) is 0. The molecule has 80 heavy (non-hydrogen) atoms. The number of allylic oxidation sites excluding steroid dienone is 2. The third-order valence-electron chi connectivity index (χ3n) is 28.1. The van der Waals surface area contributed by atoms with E-state index < -0.39 is 5.41 Å². The lowest BCUT2D eigenvalue weighted by Gasteiger charge is -2.57. The summed E-state index contributed by atoms with van der Waals surface area (Å²) in [5.41, 5.74) is 21.0. The summed E-state index contributed by atoms with van der Waals surface area (Å²) in [6.45, 7) is 0. The normalized spacial score (nSPS) is 24.1. The van der Waals surface area contributed by atoms with E-state index in [4.69, 9.17) is 0 Å². The van der Waals surface area contributed by atoms with Crippen LogP contribution in [0.2, 0.25) is 0 Å². The third kappa shape index (κ3) is 1.86. The van der Waals surface area contributed by atoms with Gasteiger partial charge in [0.25, 0.3) is 0 Å². The molecule has 0 spiro atoms. The van der Waals surface area contributed by atoms with E-state index in [1.165, 1.54) is 11.1 Å². The molecule has 8 aliphatic rings. The Balaban J connectivity index is 1.09. The molecular weight excluding hydrogens is 961 g/mol. The van der Waals surface area contributed by atoms with Crippen LogP contribution in [0.3, 0.4) is 0 Å². The zero-order chi connectivity index (χ0) is 48.2. The second-order valence-corrected chi connectivity index (χ2v) is 28.8. The first-order valence-corrected chi connectivity index (χ1v) is 30.0. The zero-order valence-corrected chi connectivity index (χ0v) is 41.7. The molecule has 0 aliphatic heterocycles. The molecule has 0 radical (unpaired) electrons. The van der Waals surface area contributed by atoms with Crippen molar-refractivity contribution in [2.24, 2.45) is 0 Å². The lowest BCUT2D eigenvalue weighted by Crippen LogP contribution is -2.52. The second kappa shape index (κ2) is 7.69. The van der Waals surface area contributed by atoms with E-state index in [9.17, 15) is 0 Å². The van der Waals surface area contributed by atoms with Gasteiger partial charge < -0.3 is 0 Å². The van der Waals surface area contributed by atoms with Crippen LogP contribution in [0.5, 0.6) is 0 Å². The average molecular weight is 981 g/mol. The Morgan fingerprint density at radius 1 is 0.237 bits per heavy atom. The summed E-state index contributed by atoms with van der Waals surface area (Å²) in [6.07, 6.45) is 1.99. The molecule has 0 N–H and O–H groups in total. The Kier molecular flexibility index (Phi) is 3.05. The average Bonchev–Trinajstić information content (AvgIpc) is 1.42. The molecule has 0 fully saturated rings. The molecule has 0 saturated heterocycles. The third-order valence-corrected chi connectivity index (χ3v) is 28.1. The quantitative estimate of drug-likeness (QED) is 0.151. The molecule has 27 aromatic carbocycles. The molecule has 0 unspecified atom stereocenters. The van der Waals surface area contributed by atoms with Crippen LogP contribution in [0.25, 0.3) is 253 Å². The second-order valence-electron chi connectivity index (χ2n) is 28.8. The lowest BCUT2D eigenvalue weighted by atomic mass is 9.44. The van der Waals surface area contributed by atoms with Gasteiger partial charge in [-0.25, -0.2) is 0 Å². The molecule has 0 bridgehead atoms. The van der Waals surface area contributed by atoms with Crippen LogP contribution in [-0.4, -0.2) is 0 Å². The van der Waals surface area contributed by atoms with Crippen LogP contribution in [0.15, 0.2) is 96.6 Å². The fraction of sp³-hybridized carbons (Fsp3) is 0.0750. The summed E-state index contributed by atoms with van der Waals surface area (Å²) >= 11 is 0. The predicted molar refractivity (Wildman–Crippen MR) is 333 cm³/mol. The van der Waals surface area contributed by atoms with Gasteiger partial charge in [-0.15, -0.1) is 0 Å². The molecular formula is C80H20. The topological polar surface area (TPSA) is 0 Å². The van der Waals surface area contributed by atoms with Crippen molar-refractivity contribution in [2.75, 3.05) is 0 Å². The Labute approximate surface area is 443 Å². The number of hydrogen-bond acceptors (Lipinski definition) is 0. The minimum Gasteiger partial charge on any atom is -0.0622 e. The van der Waals surface area contributed by atoms with Crippen molar-refractivity contribution >= 4 is 253 Å². The van der Waals surface area contributed by atoms with Gasteiger partial charge in [0.1, 0.15) is 0 Å². The number of benzene rings is 19. The smallest absolute Gasteiger partial charge is 0.0580 e. The highest BCUT2D eigenvalue weighted by atomic mass is 14.8. The van der Waals surface area contributed by atoms with Gasteiger partial charge in [-0.1, -0.05) is 91.0 Å². The Hall–Kier alpha value is -9.62. The molecule has 0 heterocycles. The predicted octanol–water partition coefficient (Wildman–Crippen LogP) is 20.1. The van der Waals surface area contributed by atoms with Gasteiger partial charge in [0.2, 0.25) is 0 Å². The first kappa shape index (κ1) is 31.7. The lowest BCUT2D eigenvalue weighted by molar-refractivity contribution is 0.425. The number of rotatable bonds is 5. The zero-order valence-electron chi connectivity index (χ0n) is 41.7. The minimum absolute atomic E-state index is 0.157. The van der Waals surface area contributed by atoms with E-state index in [0.717, 1.165) is 12.8 Å². The first-order valence-electron chi connectivity index (χ1n) is 30.0. The van der Waals surface area contributed by atoms with E-state index in [2.05, 4.69) is 91.0 Å². The van der Waals surface area contributed by atoms with Gasteiger partial charge in [0, 0.05) is 11.3 Å². The molecule has 0 aromatic heterocycles. The van der Waals surface area contributed by atoms with Crippen molar-refractivity contribution in [1.82, 2.24) is 0 Å². The maximum atomic E-state index is 2.65. The molecule has 0 heteroatoms. The fourth-order valence-electron chi connectivity index (χ4n) is 27.8. The van der Waals surface area contributed by atoms with Gasteiger partial charge >= 0.3 is 0 Å². The molecule has 340 valence electrons. The van der Waals surface area contributed by atoms with Crippen LogP contribution in [-0.2, 0) is 29.1 Å². The van der Waals surface area contributed by atoms with Crippen LogP contribution < -0.4 is 0 Å². The largest absolute Gasteiger partial charge is 0.0622 e. The van der Waals surface area contributed by atoms with Crippen molar-refractivity contribution in [3.8, 4) is 0 Å². The van der Waals surface area contributed by atoms with Crippen LogP contribution in [0, 0.1) is 0 Å². The van der Waals surface area contributed by atoms with E-state index in [-0.39, 0.29) is 16.7 Å². The fourth-order valence-corrected chi connectivity index (χ4v) is 27.8. The van der Waals surface area contributed by atoms with E-state index >= 15 is 0 Å². The highest BCUT2D eigenvalue weighted by Crippen LogP contribution is 2.89. The number of hydrogen-bond donors (Lipinski definition) is 0. The van der Waals surface area contributed by atoms with Gasteiger partial charge in [0.15, 0.2) is 0 Å². The summed E-state index contributed by atoms with van der Waals surface area (Å²) in [6, 6.07) is 36.7. The minimum atomic E-state index is -0.406. The maximum Gasteiger partial charge on any atom is 0.0580 e. The SMILES string of the molecule is c1ccc(C[C@]23C4=C5c6c7c8c9c%10c%11c%12c(c2c2c%13c3c3c%14c%15c(c%16c6c6c8c8c9c9c%11c%11c%17c%12c2c2c%12c%13c%14c%13c%14c%15c%15c%16c6c6c8c8c9c%11c9c(c2%17)c(c%12%13)c2c%14c%15c6c8c29)[C@@]53Cc2ccccc2)[C@]%10(c2ccccc2)[C@@H]47)cc1. The summed E-state index contributed by atoms with van der Waals surface area (Å²) in [5, 5.41) is 76.6. The van der Waals surface area contributed by atoms with Crippen LogP contribution >= 0.6 is 0 Å². The Morgan fingerprint density at radius 3 is 0.963 bits per heavy atom. The summed E-state index contributed by atoms with van der Waals surface area (Å²) in [7, 11) is 0. The molecule has 8 aliphatic carbocycles. The van der Waals surface area contributed by atoms with Crippen molar-refractivity contribution in [3.05, 3.63) is 158 Å². The maximum absolute atomic E-state index is 2.65. The standard InChI is InChI=1S/C80H20/c1-4-10-18(11-5-1)16-78-69-59-49-43-29-27-22-21-23-25-26-24(21)32-34-28(22)30(29)44-46-45(43)57(59)66-68-58(46)60-50(44)48(34)52-38(32)42-36(26)41-40-35(25)39-37-31(23)33(27)47(49)51(37)61(69)63-53(39)54(40)64-65-55(41)56(42)67-62(52)70(60)80(20-14-8-3-9-15-20)75(67)73(65)79(72(64)71(63)78,77(74(66)78)76(68)80)17-19-12-6-2-7-13-19/h1-15,76H,16-17H2/t76-,78-,79-,80-/m1/s1. The molecule has 4 atom stereocenters. The van der Waals surface area contributed by atoms with Crippen molar-refractivity contribution in [2.45, 2.75) is 35.0 Å².